The summed E-state index contributed by atoms with van der Waals surface area (Å²) in [5, 5.41) is 18.0. The molecule has 0 atom stereocenters. The third kappa shape index (κ3) is 6.45. The predicted octanol–water partition coefficient (Wildman–Crippen LogP) is 18.0. The number of hydrogen-bond donors (Lipinski definition) is 0. The molecule has 3 heterocycles. The van der Waals surface area contributed by atoms with Gasteiger partial charge < -0.3 is 13.6 Å². The molecule has 4 heteroatoms. The summed E-state index contributed by atoms with van der Waals surface area (Å²) in [6.07, 6.45) is 0. The topological polar surface area (TPSA) is 46.8 Å². The van der Waals surface area contributed by atoms with Crippen molar-refractivity contribution in [2.45, 2.75) is 0 Å². The van der Waals surface area contributed by atoms with Crippen LogP contribution in [0.5, 0.6) is 0 Å². The molecular formula is C67H41N3O. The van der Waals surface area contributed by atoms with Gasteiger partial charge in [0.15, 0.2) is 0 Å². The maximum Gasteiger partial charge on any atom is 0.143 e. The van der Waals surface area contributed by atoms with E-state index in [-0.39, 0.29) is 0 Å². The van der Waals surface area contributed by atoms with Crippen molar-refractivity contribution in [3.8, 4) is 73.1 Å². The molecule has 0 bridgehead atoms. The molecule has 330 valence electrons. The Hall–Kier alpha value is -9.69. The molecule has 0 fully saturated rings. The molecule has 4 nitrogen and oxygen atoms in total. The molecule has 0 radical (unpaired) electrons. The highest BCUT2D eigenvalue weighted by molar-refractivity contribution is 6.20. The number of para-hydroxylation sites is 1. The molecule has 0 unspecified atom stereocenters. The van der Waals surface area contributed by atoms with Crippen LogP contribution in [0.25, 0.3) is 133 Å². The summed E-state index contributed by atoms with van der Waals surface area (Å²) in [6, 6.07) is 91.1. The summed E-state index contributed by atoms with van der Waals surface area (Å²) in [7, 11) is 0. The van der Waals surface area contributed by atoms with Gasteiger partial charge in [0, 0.05) is 38.6 Å². The molecule has 11 aromatic carbocycles. The van der Waals surface area contributed by atoms with Crippen LogP contribution >= 0.6 is 0 Å². The summed E-state index contributed by atoms with van der Waals surface area (Å²) in [5.74, 6) is 0. The molecule has 14 aromatic rings. The number of nitriles is 1. The zero-order valence-electron chi connectivity index (χ0n) is 38.4. The highest BCUT2D eigenvalue weighted by atomic mass is 16.3. The molecular weight excluding hydrogens is 863 g/mol. The minimum Gasteiger partial charge on any atom is -0.455 e. The van der Waals surface area contributed by atoms with E-state index in [2.05, 4.69) is 252 Å². The minimum absolute atomic E-state index is 0.503. The van der Waals surface area contributed by atoms with Crippen LogP contribution in [-0.2, 0) is 0 Å². The molecule has 0 amide bonds. The first-order valence-electron chi connectivity index (χ1n) is 24.1. The molecule has 3 aromatic heterocycles. The van der Waals surface area contributed by atoms with Crippen molar-refractivity contribution < 1.29 is 4.42 Å². The Kier molecular flexibility index (Phi) is 9.23. The average molecular weight is 904 g/mol. The Morgan fingerprint density at radius 1 is 0.310 bits per heavy atom. The number of rotatable bonds is 7. The lowest BCUT2D eigenvalue weighted by atomic mass is 10.00. The van der Waals surface area contributed by atoms with E-state index in [4.69, 9.17) is 4.42 Å². The fourth-order valence-electron chi connectivity index (χ4n) is 11.1. The highest BCUT2D eigenvalue weighted by Crippen LogP contribution is 2.48. The third-order valence-electron chi connectivity index (χ3n) is 14.3. The summed E-state index contributed by atoms with van der Waals surface area (Å²) in [5.41, 5.74) is 18.8. The number of furan rings is 1. The molecule has 0 N–H and O–H groups in total. The average Bonchev–Trinajstić information content (AvgIpc) is 4.10. The first kappa shape index (κ1) is 40.4. The normalized spacial score (nSPS) is 11.6. The van der Waals surface area contributed by atoms with Gasteiger partial charge in [0.25, 0.3) is 0 Å². The SMILES string of the molecule is N#Cc1cc2oc3c(-c4ccccc4)cccc3c2c(-n2c3ccc(-c4ccccc4)cc3c3cc(-c4ccccc4)ccc32)c1-n1c2ccc(-c3ccccc3)cc2c2cc(-c3ccccc3)ccc21. The van der Waals surface area contributed by atoms with Crippen molar-refractivity contribution in [1.82, 2.24) is 9.13 Å². The van der Waals surface area contributed by atoms with Gasteiger partial charge in [0.2, 0.25) is 0 Å². The molecule has 0 aliphatic heterocycles. The van der Waals surface area contributed by atoms with Crippen molar-refractivity contribution in [2.24, 2.45) is 0 Å². The quantitative estimate of drug-likeness (QED) is 0.160. The summed E-state index contributed by atoms with van der Waals surface area (Å²) in [4.78, 5) is 0. The van der Waals surface area contributed by atoms with Crippen LogP contribution in [-0.4, -0.2) is 9.13 Å². The van der Waals surface area contributed by atoms with Gasteiger partial charge in [-0.15, -0.1) is 0 Å². The van der Waals surface area contributed by atoms with Crippen LogP contribution in [0.4, 0.5) is 0 Å². The third-order valence-corrected chi connectivity index (χ3v) is 14.3. The van der Waals surface area contributed by atoms with Crippen molar-refractivity contribution in [2.75, 3.05) is 0 Å². The van der Waals surface area contributed by atoms with Crippen molar-refractivity contribution in [1.29, 1.82) is 5.26 Å². The Morgan fingerprint density at radius 3 is 1.06 bits per heavy atom. The number of nitrogens with zero attached hydrogens (tertiary/aromatic N) is 3. The fraction of sp³-hybridized carbons (Fsp3) is 0. The summed E-state index contributed by atoms with van der Waals surface area (Å²) < 4.78 is 11.9. The van der Waals surface area contributed by atoms with Gasteiger partial charge >= 0.3 is 0 Å². The van der Waals surface area contributed by atoms with E-state index in [9.17, 15) is 5.26 Å². The molecule has 0 spiro atoms. The maximum atomic E-state index is 11.7. The van der Waals surface area contributed by atoms with Gasteiger partial charge in [0.05, 0.1) is 44.4 Å². The van der Waals surface area contributed by atoms with Crippen LogP contribution < -0.4 is 0 Å². The molecule has 14 rings (SSSR count). The van der Waals surface area contributed by atoms with Gasteiger partial charge in [0.1, 0.15) is 17.2 Å². The van der Waals surface area contributed by atoms with E-state index in [0.29, 0.717) is 11.1 Å². The van der Waals surface area contributed by atoms with Gasteiger partial charge in [-0.1, -0.05) is 194 Å². The zero-order chi connectivity index (χ0) is 47.0. The highest BCUT2D eigenvalue weighted by Gasteiger charge is 2.29. The Morgan fingerprint density at radius 2 is 0.676 bits per heavy atom. The first-order chi connectivity index (χ1) is 35.2. The van der Waals surface area contributed by atoms with Crippen molar-refractivity contribution in [3.05, 3.63) is 254 Å². The molecule has 0 saturated carbocycles. The van der Waals surface area contributed by atoms with E-state index in [1.807, 2.05) is 12.1 Å². The monoisotopic (exact) mass is 903 g/mol. The van der Waals surface area contributed by atoms with E-state index < -0.39 is 0 Å². The molecule has 0 aliphatic carbocycles. The van der Waals surface area contributed by atoms with E-state index in [1.54, 1.807) is 0 Å². The number of benzene rings is 11. The van der Waals surface area contributed by atoms with E-state index >= 15 is 0 Å². The minimum atomic E-state index is 0.503. The number of aromatic nitrogens is 2. The lowest BCUT2D eigenvalue weighted by Crippen LogP contribution is -2.07. The lowest BCUT2D eigenvalue weighted by molar-refractivity contribution is 0.669. The van der Waals surface area contributed by atoms with E-state index in [1.165, 1.54) is 0 Å². The Labute approximate surface area is 409 Å². The first-order valence-corrected chi connectivity index (χ1v) is 24.1. The van der Waals surface area contributed by atoms with Gasteiger partial charge in [-0.25, -0.2) is 0 Å². The van der Waals surface area contributed by atoms with Crippen molar-refractivity contribution >= 4 is 65.6 Å². The number of fused-ring (bicyclic) bond motifs is 9. The van der Waals surface area contributed by atoms with Crippen LogP contribution in [0.1, 0.15) is 5.56 Å². The standard InChI is InChI=1S/C67H41N3O/c68-42-52-41-63-64(54-28-16-27-53(67(54)71-63)47-25-14-5-15-26-47)66(70-61-35-31-50(45-21-10-3-11-22-45)39-57(61)58-40-51(32-36-62(58)70)46-23-12-4-13-24-46)65(52)69-59-33-29-48(43-17-6-1-7-18-43)37-55(59)56-38-49(30-34-60(56)69)44-19-8-2-9-20-44/h1-41H. The predicted molar refractivity (Wildman–Crippen MR) is 294 cm³/mol. The van der Waals surface area contributed by atoms with Gasteiger partial charge in [-0.05, 0) is 98.6 Å². The van der Waals surface area contributed by atoms with E-state index in [0.717, 1.165) is 127 Å². The molecule has 0 saturated heterocycles. The summed E-state index contributed by atoms with van der Waals surface area (Å²) in [6.45, 7) is 0. The second kappa shape index (κ2) is 16.2. The Bertz CT molecular complexity index is 4230. The maximum absolute atomic E-state index is 11.7. The number of hydrogen-bond acceptors (Lipinski definition) is 2. The van der Waals surface area contributed by atoms with Gasteiger partial charge in [-0.2, -0.15) is 5.26 Å². The fourth-order valence-corrected chi connectivity index (χ4v) is 11.1. The smallest absolute Gasteiger partial charge is 0.143 e. The Balaban J connectivity index is 1.17. The van der Waals surface area contributed by atoms with Crippen LogP contribution in [0.2, 0.25) is 0 Å². The lowest BCUT2D eigenvalue weighted by Gasteiger charge is -2.20. The zero-order valence-corrected chi connectivity index (χ0v) is 38.4. The van der Waals surface area contributed by atoms with Gasteiger partial charge in [-0.3, -0.25) is 0 Å². The second-order valence-corrected chi connectivity index (χ2v) is 18.3. The van der Waals surface area contributed by atoms with Crippen LogP contribution in [0, 0.1) is 11.3 Å². The van der Waals surface area contributed by atoms with Crippen LogP contribution in [0.15, 0.2) is 253 Å². The second-order valence-electron chi connectivity index (χ2n) is 18.3. The molecule has 71 heavy (non-hydrogen) atoms. The van der Waals surface area contributed by atoms with Crippen molar-refractivity contribution in [3.63, 3.8) is 0 Å². The molecule has 0 aliphatic rings. The summed E-state index contributed by atoms with van der Waals surface area (Å²) >= 11 is 0. The van der Waals surface area contributed by atoms with Crippen LogP contribution in [0.3, 0.4) is 0 Å². The largest absolute Gasteiger partial charge is 0.455 e.